The minimum absolute atomic E-state index is 0.141. The van der Waals surface area contributed by atoms with Gasteiger partial charge >= 0.3 is 0 Å². The molecule has 0 aliphatic carbocycles. The van der Waals surface area contributed by atoms with E-state index in [0.29, 0.717) is 5.82 Å². The van der Waals surface area contributed by atoms with E-state index in [4.69, 9.17) is 5.73 Å². The number of halogens is 1. The fourth-order valence-corrected chi connectivity index (χ4v) is 3.29. The van der Waals surface area contributed by atoms with E-state index in [9.17, 15) is 0 Å². The molecule has 2 N–H and O–H groups in total. The van der Waals surface area contributed by atoms with Gasteiger partial charge in [-0.15, -0.1) is 0 Å². The van der Waals surface area contributed by atoms with Crippen molar-refractivity contribution in [1.82, 2.24) is 14.6 Å². The molecule has 2 aromatic heterocycles. The topological polar surface area (TPSA) is 56.2 Å². The Bertz CT molecular complexity index is 563. The van der Waals surface area contributed by atoms with Gasteiger partial charge in [-0.3, -0.25) is 0 Å². The molecule has 0 saturated carbocycles. The van der Waals surface area contributed by atoms with Gasteiger partial charge in [0.25, 0.3) is 0 Å². The number of anilines is 1. The van der Waals surface area contributed by atoms with Crippen molar-refractivity contribution in [1.29, 1.82) is 0 Å². The van der Waals surface area contributed by atoms with Gasteiger partial charge in [-0.05, 0) is 41.5 Å². The van der Waals surface area contributed by atoms with Crippen LogP contribution < -0.4 is 5.73 Å². The molecule has 98 valence electrons. The molecule has 2 heterocycles. The molecule has 0 radical (unpaired) electrons. The molecule has 0 bridgehead atoms. The maximum absolute atomic E-state index is 5.95. The molecule has 0 aliphatic rings. The average Bonchev–Trinajstić information content (AvgIpc) is 2.69. The Kier molecular flexibility index (Phi) is 3.79. The van der Waals surface area contributed by atoms with E-state index in [2.05, 4.69) is 59.5 Å². The molecule has 0 aliphatic heterocycles. The predicted molar refractivity (Wildman–Crippen MR) is 82.7 cm³/mol. The molecule has 0 spiro atoms. The van der Waals surface area contributed by atoms with Gasteiger partial charge in [-0.2, -0.15) is 5.10 Å². The maximum atomic E-state index is 5.95. The predicted octanol–water partition coefficient (Wildman–Crippen LogP) is 3.38. The smallest absolute Gasteiger partial charge is 0.152 e. The van der Waals surface area contributed by atoms with Crippen LogP contribution in [-0.4, -0.2) is 14.6 Å². The Hall–Kier alpha value is -0.850. The summed E-state index contributed by atoms with van der Waals surface area (Å²) in [5.74, 6) is 0.551. The molecule has 0 fully saturated rings. The van der Waals surface area contributed by atoms with E-state index in [1.54, 1.807) is 0 Å². The Morgan fingerprint density at radius 3 is 2.78 bits per heavy atom. The first kappa shape index (κ1) is 13.6. The van der Waals surface area contributed by atoms with E-state index < -0.39 is 0 Å². The minimum Gasteiger partial charge on any atom is -0.382 e. The van der Waals surface area contributed by atoms with Crippen LogP contribution in [0.3, 0.4) is 0 Å². The largest absolute Gasteiger partial charge is 0.382 e. The van der Waals surface area contributed by atoms with Crippen molar-refractivity contribution in [3.63, 3.8) is 0 Å². The second kappa shape index (κ2) is 5.03. The zero-order valence-electron chi connectivity index (χ0n) is 11.1. The van der Waals surface area contributed by atoms with Gasteiger partial charge in [0.05, 0.1) is 0 Å². The van der Waals surface area contributed by atoms with E-state index in [1.165, 1.54) is 12.0 Å². The summed E-state index contributed by atoms with van der Waals surface area (Å²) in [5.41, 5.74) is 8.26. The zero-order chi connectivity index (χ0) is 13.3. The van der Waals surface area contributed by atoms with Gasteiger partial charge in [0.2, 0.25) is 0 Å². The van der Waals surface area contributed by atoms with Crippen LogP contribution >= 0.6 is 22.6 Å². The van der Waals surface area contributed by atoms with Crippen LogP contribution in [0.25, 0.3) is 5.52 Å². The number of rotatable bonds is 4. The lowest BCUT2D eigenvalue weighted by Gasteiger charge is -2.27. The summed E-state index contributed by atoms with van der Waals surface area (Å²) in [6.07, 6.45) is 4.93. The first-order valence-electron chi connectivity index (χ1n) is 6.31. The summed E-state index contributed by atoms with van der Waals surface area (Å²) in [6.45, 7) is 6.75. The number of nitrogens with two attached hydrogens (primary N) is 1. The molecule has 0 amide bonds. The number of hydrogen-bond acceptors (Lipinski definition) is 3. The van der Waals surface area contributed by atoms with E-state index in [-0.39, 0.29) is 5.41 Å². The van der Waals surface area contributed by atoms with Gasteiger partial charge in [-0.1, -0.05) is 27.2 Å². The summed E-state index contributed by atoms with van der Waals surface area (Å²) in [4.78, 5) is 4.08. The summed E-state index contributed by atoms with van der Waals surface area (Å²) in [7, 11) is 0. The summed E-state index contributed by atoms with van der Waals surface area (Å²) in [5, 5.41) is 4.38. The number of fused-ring (bicyclic) bond motifs is 1. The van der Waals surface area contributed by atoms with Gasteiger partial charge in [0, 0.05) is 14.7 Å². The summed E-state index contributed by atoms with van der Waals surface area (Å²) >= 11 is 2.31. The third kappa shape index (κ3) is 2.08. The normalized spacial score (nSPS) is 14.9. The third-order valence-corrected chi connectivity index (χ3v) is 4.56. The quantitative estimate of drug-likeness (QED) is 0.853. The minimum atomic E-state index is 0.141. The monoisotopic (exact) mass is 358 g/mol. The Balaban J connectivity index is 2.68. The summed E-state index contributed by atoms with van der Waals surface area (Å²) < 4.78 is 3.08. The zero-order valence-corrected chi connectivity index (χ0v) is 13.2. The van der Waals surface area contributed by atoms with Crippen LogP contribution in [0.1, 0.15) is 45.7 Å². The first-order valence-corrected chi connectivity index (χ1v) is 7.39. The molecular formula is C13H19IN4. The van der Waals surface area contributed by atoms with Crippen molar-refractivity contribution in [2.75, 3.05) is 5.73 Å². The number of aromatic nitrogens is 3. The highest BCUT2D eigenvalue weighted by molar-refractivity contribution is 14.1. The molecule has 0 saturated heterocycles. The van der Waals surface area contributed by atoms with E-state index in [0.717, 1.165) is 28.3 Å². The van der Waals surface area contributed by atoms with Crippen LogP contribution in [0.4, 0.5) is 5.82 Å². The number of nitrogens with zero attached hydrogens (tertiary/aromatic N) is 3. The van der Waals surface area contributed by atoms with Crippen LogP contribution in [0.5, 0.6) is 0 Å². The highest BCUT2D eigenvalue weighted by Crippen LogP contribution is 2.35. The Morgan fingerprint density at radius 1 is 1.44 bits per heavy atom. The molecule has 18 heavy (non-hydrogen) atoms. The van der Waals surface area contributed by atoms with Crippen molar-refractivity contribution in [3.8, 4) is 0 Å². The molecule has 1 unspecified atom stereocenters. The van der Waals surface area contributed by atoms with Gasteiger partial charge in [0.1, 0.15) is 11.8 Å². The van der Waals surface area contributed by atoms with Crippen LogP contribution in [0.2, 0.25) is 0 Å². The Morgan fingerprint density at radius 2 is 2.17 bits per heavy atom. The lowest BCUT2D eigenvalue weighted by molar-refractivity contribution is 0.395. The lowest BCUT2D eigenvalue weighted by atomic mass is 9.80. The molecule has 2 rings (SSSR count). The van der Waals surface area contributed by atoms with Gasteiger partial charge in [-0.25, -0.2) is 9.50 Å². The average molecular weight is 358 g/mol. The number of nitrogen functional groups attached to an aromatic ring is 1. The van der Waals surface area contributed by atoms with Crippen LogP contribution in [-0.2, 0) is 5.41 Å². The fraction of sp³-hybridized carbons (Fsp3) is 0.538. The lowest BCUT2D eigenvalue weighted by Crippen LogP contribution is -2.23. The van der Waals surface area contributed by atoms with Crippen LogP contribution in [0, 0.1) is 3.57 Å². The van der Waals surface area contributed by atoms with Gasteiger partial charge in [0.15, 0.2) is 5.82 Å². The van der Waals surface area contributed by atoms with Crippen LogP contribution in [0.15, 0.2) is 12.4 Å². The second-order valence-electron chi connectivity index (χ2n) is 4.95. The molecule has 4 nitrogen and oxygen atoms in total. The SMILES string of the molecule is CCCC(C)(CC)c1cc(I)c2c(N)ncnn12. The molecular weight excluding hydrogens is 339 g/mol. The first-order chi connectivity index (χ1) is 8.53. The fourth-order valence-electron chi connectivity index (χ4n) is 2.49. The molecule has 1 atom stereocenters. The molecule has 0 aromatic carbocycles. The van der Waals surface area contributed by atoms with Crippen molar-refractivity contribution in [3.05, 3.63) is 21.7 Å². The highest BCUT2D eigenvalue weighted by Gasteiger charge is 2.28. The molecule has 2 aromatic rings. The van der Waals surface area contributed by atoms with Crippen molar-refractivity contribution < 1.29 is 0 Å². The second-order valence-corrected chi connectivity index (χ2v) is 6.11. The molecule has 5 heteroatoms. The highest BCUT2D eigenvalue weighted by atomic mass is 127. The van der Waals surface area contributed by atoms with Gasteiger partial charge < -0.3 is 5.73 Å². The van der Waals surface area contributed by atoms with Crippen molar-refractivity contribution in [2.24, 2.45) is 0 Å². The van der Waals surface area contributed by atoms with Crippen molar-refractivity contribution >= 4 is 33.9 Å². The third-order valence-electron chi connectivity index (χ3n) is 3.74. The summed E-state index contributed by atoms with van der Waals surface area (Å²) in [6, 6.07) is 2.19. The maximum Gasteiger partial charge on any atom is 0.152 e. The number of hydrogen-bond donors (Lipinski definition) is 1. The standard InChI is InChI=1S/C13H19IN4/c1-4-6-13(3,5-2)10-7-9(14)11-12(15)16-8-17-18(10)11/h7-8H,4-6H2,1-3H3,(H2,15,16,17). The Labute approximate surface area is 121 Å². The van der Waals surface area contributed by atoms with E-state index >= 15 is 0 Å². The van der Waals surface area contributed by atoms with E-state index in [1.807, 2.05) is 4.52 Å². The van der Waals surface area contributed by atoms with Crippen molar-refractivity contribution in [2.45, 2.75) is 45.4 Å².